The second-order valence-electron chi connectivity index (χ2n) is 4.86. The van der Waals surface area contributed by atoms with Crippen LogP contribution in [0.2, 0.25) is 0 Å². The molecule has 2 aromatic rings. The molecule has 0 unspecified atom stereocenters. The topological polar surface area (TPSA) is 44.5 Å². The van der Waals surface area contributed by atoms with E-state index in [1.165, 1.54) is 11.1 Å². The van der Waals surface area contributed by atoms with E-state index in [4.69, 9.17) is 15.2 Å². The predicted octanol–water partition coefficient (Wildman–Crippen LogP) is 3.45. The molecule has 0 aromatic heterocycles. The first kappa shape index (κ1) is 14.4. The van der Waals surface area contributed by atoms with Crippen LogP contribution in [-0.2, 0) is 6.54 Å². The van der Waals surface area contributed by atoms with Crippen molar-refractivity contribution in [3.63, 3.8) is 0 Å². The van der Waals surface area contributed by atoms with Gasteiger partial charge in [-0.2, -0.15) is 0 Å². The normalized spacial score (nSPS) is 10.4. The standard InChI is InChI=1S/C17H21NO2/c1-11-8-17(20-4)12(2)7-16(11)15-6-5-14(19-3)9-13(15)10-18/h5-9H,10,18H2,1-4H3. The first-order chi connectivity index (χ1) is 9.60. The van der Waals surface area contributed by atoms with E-state index in [1.54, 1.807) is 14.2 Å². The van der Waals surface area contributed by atoms with E-state index in [0.717, 1.165) is 28.2 Å². The average Bonchev–Trinajstić information content (AvgIpc) is 2.48. The fourth-order valence-electron chi connectivity index (χ4n) is 2.43. The van der Waals surface area contributed by atoms with Gasteiger partial charge in [0.15, 0.2) is 0 Å². The van der Waals surface area contributed by atoms with Gasteiger partial charge in [0.2, 0.25) is 0 Å². The molecule has 2 rings (SSSR count). The van der Waals surface area contributed by atoms with E-state index in [1.807, 2.05) is 19.1 Å². The fourth-order valence-corrected chi connectivity index (χ4v) is 2.43. The lowest BCUT2D eigenvalue weighted by atomic mass is 9.94. The summed E-state index contributed by atoms with van der Waals surface area (Å²) < 4.78 is 10.6. The third kappa shape index (κ3) is 2.63. The van der Waals surface area contributed by atoms with Crippen LogP contribution in [0.4, 0.5) is 0 Å². The highest BCUT2D eigenvalue weighted by Crippen LogP contribution is 2.33. The van der Waals surface area contributed by atoms with Gasteiger partial charge in [0.25, 0.3) is 0 Å². The number of hydrogen-bond donors (Lipinski definition) is 1. The van der Waals surface area contributed by atoms with Crippen molar-refractivity contribution in [1.82, 2.24) is 0 Å². The van der Waals surface area contributed by atoms with Gasteiger partial charge in [-0.3, -0.25) is 0 Å². The lowest BCUT2D eigenvalue weighted by Crippen LogP contribution is -2.01. The molecular formula is C17H21NO2. The Bertz CT molecular complexity index is 621. The highest BCUT2D eigenvalue weighted by molar-refractivity contribution is 5.73. The molecule has 3 heteroatoms. The largest absolute Gasteiger partial charge is 0.497 e. The van der Waals surface area contributed by atoms with Gasteiger partial charge in [-0.1, -0.05) is 6.07 Å². The SMILES string of the molecule is COc1ccc(-c2cc(C)c(OC)cc2C)c(CN)c1. The smallest absolute Gasteiger partial charge is 0.122 e. The van der Waals surface area contributed by atoms with Crippen LogP contribution in [0, 0.1) is 13.8 Å². The minimum absolute atomic E-state index is 0.483. The number of ether oxygens (including phenoxy) is 2. The Kier molecular flexibility index (Phi) is 4.30. The van der Waals surface area contributed by atoms with Crippen molar-refractivity contribution >= 4 is 0 Å². The maximum absolute atomic E-state index is 5.88. The van der Waals surface area contributed by atoms with Gasteiger partial charge < -0.3 is 15.2 Å². The Morgan fingerprint density at radius 3 is 2.25 bits per heavy atom. The van der Waals surface area contributed by atoms with Crippen LogP contribution in [0.3, 0.4) is 0 Å². The van der Waals surface area contributed by atoms with Crippen molar-refractivity contribution in [3.05, 3.63) is 47.0 Å². The Balaban J connectivity index is 2.59. The van der Waals surface area contributed by atoms with Crippen molar-refractivity contribution in [2.75, 3.05) is 14.2 Å². The van der Waals surface area contributed by atoms with Crippen molar-refractivity contribution in [2.45, 2.75) is 20.4 Å². The molecule has 0 amide bonds. The summed E-state index contributed by atoms with van der Waals surface area (Å²) >= 11 is 0. The summed E-state index contributed by atoms with van der Waals surface area (Å²) in [6, 6.07) is 10.2. The molecule has 0 saturated heterocycles. The van der Waals surface area contributed by atoms with E-state index >= 15 is 0 Å². The number of methoxy groups -OCH3 is 2. The molecule has 0 saturated carbocycles. The van der Waals surface area contributed by atoms with Crippen LogP contribution in [-0.4, -0.2) is 14.2 Å². The summed E-state index contributed by atoms with van der Waals surface area (Å²) in [6.45, 7) is 4.62. The first-order valence-corrected chi connectivity index (χ1v) is 6.63. The predicted molar refractivity (Wildman–Crippen MR) is 82.3 cm³/mol. The second kappa shape index (κ2) is 5.97. The Morgan fingerprint density at radius 2 is 1.65 bits per heavy atom. The molecule has 106 valence electrons. The van der Waals surface area contributed by atoms with Crippen LogP contribution in [0.1, 0.15) is 16.7 Å². The Hall–Kier alpha value is -2.00. The lowest BCUT2D eigenvalue weighted by molar-refractivity contribution is 0.411. The summed E-state index contributed by atoms with van der Waals surface area (Å²) in [5, 5.41) is 0. The minimum Gasteiger partial charge on any atom is -0.497 e. The first-order valence-electron chi connectivity index (χ1n) is 6.63. The Morgan fingerprint density at radius 1 is 0.900 bits per heavy atom. The molecular weight excluding hydrogens is 250 g/mol. The molecule has 0 radical (unpaired) electrons. The Labute approximate surface area is 120 Å². The monoisotopic (exact) mass is 271 g/mol. The number of rotatable bonds is 4. The molecule has 0 atom stereocenters. The van der Waals surface area contributed by atoms with E-state index in [9.17, 15) is 0 Å². The maximum Gasteiger partial charge on any atom is 0.122 e. The third-order valence-corrected chi connectivity index (χ3v) is 3.56. The summed E-state index contributed by atoms with van der Waals surface area (Å²) in [5.41, 5.74) is 11.6. The van der Waals surface area contributed by atoms with Crippen molar-refractivity contribution in [2.24, 2.45) is 5.73 Å². The molecule has 0 spiro atoms. The second-order valence-corrected chi connectivity index (χ2v) is 4.86. The summed E-state index contributed by atoms with van der Waals surface area (Å²) in [6.07, 6.45) is 0. The van der Waals surface area contributed by atoms with Crippen molar-refractivity contribution in [1.29, 1.82) is 0 Å². The van der Waals surface area contributed by atoms with Crippen LogP contribution in [0.15, 0.2) is 30.3 Å². The number of aryl methyl sites for hydroxylation is 2. The summed E-state index contributed by atoms with van der Waals surface area (Å²) in [5.74, 6) is 1.74. The fraction of sp³-hybridized carbons (Fsp3) is 0.294. The molecule has 2 aromatic carbocycles. The van der Waals surface area contributed by atoms with Gasteiger partial charge in [0.05, 0.1) is 14.2 Å². The van der Waals surface area contributed by atoms with E-state index in [-0.39, 0.29) is 0 Å². The summed E-state index contributed by atoms with van der Waals surface area (Å²) in [7, 11) is 3.36. The maximum atomic E-state index is 5.88. The molecule has 2 N–H and O–H groups in total. The van der Waals surface area contributed by atoms with E-state index < -0.39 is 0 Å². The number of nitrogens with two attached hydrogens (primary N) is 1. The van der Waals surface area contributed by atoms with Crippen LogP contribution < -0.4 is 15.2 Å². The highest BCUT2D eigenvalue weighted by atomic mass is 16.5. The van der Waals surface area contributed by atoms with Gasteiger partial charge in [0, 0.05) is 6.54 Å². The van der Waals surface area contributed by atoms with Crippen molar-refractivity contribution < 1.29 is 9.47 Å². The lowest BCUT2D eigenvalue weighted by Gasteiger charge is -2.15. The number of benzene rings is 2. The van der Waals surface area contributed by atoms with Gasteiger partial charge >= 0.3 is 0 Å². The van der Waals surface area contributed by atoms with E-state index in [0.29, 0.717) is 6.54 Å². The minimum atomic E-state index is 0.483. The van der Waals surface area contributed by atoms with Crippen LogP contribution >= 0.6 is 0 Å². The van der Waals surface area contributed by atoms with Gasteiger partial charge in [-0.05, 0) is 65.9 Å². The highest BCUT2D eigenvalue weighted by Gasteiger charge is 2.11. The molecule has 0 aliphatic carbocycles. The molecule has 0 aliphatic rings. The quantitative estimate of drug-likeness (QED) is 0.926. The molecule has 0 bridgehead atoms. The number of hydrogen-bond acceptors (Lipinski definition) is 3. The van der Waals surface area contributed by atoms with Crippen LogP contribution in [0.25, 0.3) is 11.1 Å². The molecule has 3 nitrogen and oxygen atoms in total. The molecule has 20 heavy (non-hydrogen) atoms. The van der Waals surface area contributed by atoms with E-state index in [2.05, 4.69) is 25.1 Å². The summed E-state index contributed by atoms with van der Waals surface area (Å²) in [4.78, 5) is 0. The van der Waals surface area contributed by atoms with Gasteiger partial charge in [-0.25, -0.2) is 0 Å². The van der Waals surface area contributed by atoms with Crippen LogP contribution in [0.5, 0.6) is 11.5 Å². The molecule has 0 fully saturated rings. The van der Waals surface area contributed by atoms with Crippen molar-refractivity contribution in [3.8, 4) is 22.6 Å². The zero-order valence-electron chi connectivity index (χ0n) is 12.5. The zero-order chi connectivity index (χ0) is 14.7. The average molecular weight is 271 g/mol. The third-order valence-electron chi connectivity index (χ3n) is 3.56. The molecule has 0 aliphatic heterocycles. The van der Waals surface area contributed by atoms with Gasteiger partial charge in [-0.15, -0.1) is 0 Å². The zero-order valence-corrected chi connectivity index (χ0v) is 12.5. The van der Waals surface area contributed by atoms with Gasteiger partial charge in [0.1, 0.15) is 11.5 Å². The molecule has 0 heterocycles.